The van der Waals surface area contributed by atoms with Crippen LogP contribution in [0, 0.1) is 17.8 Å². The zero-order chi connectivity index (χ0) is 106. The maximum atomic E-state index is 14.6. The lowest BCUT2D eigenvalue weighted by molar-refractivity contribution is -0.146. The number of likely N-dealkylation sites (tertiary alicyclic amines) is 1. The highest BCUT2D eigenvalue weighted by Crippen LogP contribution is 2.25. The molecule has 774 valence electrons. The van der Waals surface area contributed by atoms with Crippen molar-refractivity contribution in [2.24, 2.45) is 29.2 Å². The minimum absolute atomic E-state index is 0.00295. The number of amides is 22. The SMILES string of the molecule is CC[C@](C)(NC(=O)C(C)(C)NC(=O)[C@@H](NC(=O)[C@@H]1CCCN1C(=O)C(C)(C)NC(=O)[C@H](CC(C)C)NC(=O)CNC(=O)C(C)(C)NC(=O)[C@@H](NC(=O)C(C)(C)NC(=O)[C@H](CCC(N)=O)NC(=O)[C@H](C)NC(=O)C(C)(C)NC(=O)[C@H](C)NC(=O)C(C)(C)NC(=O)[C@H](C)NC(=O)C(C)(C)NC(C)=O)C(C)C)C(C)C)C(=O)N[C@@H](CCC(=O)O)C(=O)N[C@@H](CCC(N)=O)C(=O)N[C@H](CO)Cc1ccccc1. The quantitative estimate of drug-likeness (QED) is 0.0293. The van der Waals surface area contributed by atoms with Gasteiger partial charge in [0, 0.05) is 32.7 Å². The Bertz CT molecular complexity index is 4630. The number of nitrogens with one attached hydrogen (secondary N) is 19. The number of nitrogens with two attached hydrogens (primary N) is 2. The van der Waals surface area contributed by atoms with Gasteiger partial charge in [0.15, 0.2) is 0 Å². The van der Waals surface area contributed by atoms with Gasteiger partial charge >= 0.3 is 5.97 Å². The van der Waals surface area contributed by atoms with E-state index in [-0.39, 0.29) is 51.0 Å². The molecule has 0 saturated carbocycles. The van der Waals surface area contributed by atoms with Gasteiger partial charge in [-0.15, -0.1) is 0 Å². The van der Waals surface area contributed by atoms with Crippen molar-refractivity contribution >= 4 is 136 Å². The normalized spacial score (nSPS) is 15.6. The molecular weight excluding hydrogens is 1800 g/mol. The Hall–Kier alpha value is -13.0. The van der Waals surface area contributed by atoms with Crippen LogP contribution < -0.4 is 112 Å². The molecule has 25 N–H and O–H groups in total. The smallest absolute Gasteiger partial charge is 0.303 e. The topological polar surface area (TPSA) is 717 Å². The Balaban J connectivity index is 2.18. The van der Waals surface area contributed by atoms with Crippen LogP contribution in [0.3, 0.4) is 0 Å². The minimum atomic E-state index is -1.91. The van der Waals surface area contributed by atoms with Gasteiger partial charge < -0.3 is 128 Å². The second-order valence-corrected chi connectivity index (χ2v) is 39.9. The van der Waals surface area contributed by atoms with Crippen molar-refractivity contribution in [3.8, 4) is 0 Å². The van der Waals surface area contributed by atoms with Crippen LogP contribution in [0.2, 0.25) is 0 Å². The van der Waals surface area contributed by atoms with Crippen LogP contribution >= 0.6 is 0 Å². The fourth-order valence-electron chi connectivity index (χ4n) is 13.8. The molecule has 47 nitrogen and oxygen atoms in total. The molecule has 0 radical (unpaired) electrons. The molecule has 138 heavy (non-hydrogen) atoms. The molecule has 1 aromatic rings. The molecule has 0 unspecified atom stereocenters. The van der Waals surface area contributed by atoms with Crippen LogP contribution in [0.15, 0.2) is 30.3 Å². The number of primary amides is 2. The number of hydrogen-bond acceptors (Lipinski definition) is 24. The summed E-state index contributed by atoms with van der Waals surface area (Å²) in [4.78, 5) is 312. The van der Waals surface area contributed by atoms with E-state index in [2.05, 4.69) is 101 Å². The van der Waals surface area contributed by atoms with E-state index >= 15 is 0 Å². The van der Waals surface area contributed by atoms with Crippen LogP contribution in [-0.2, 0) is 117 Å². The summed E-state index contributed by atoms with van der Waals surface area (Å²) in [7, 11) is 0. The molecule has 1 aliphatic heterocycles. The van der Waals surface area contributed by atoms with Crippen molar-refractivity contribution in [1.82, 2.24) is 106 Å². The summed E-state index contributed by atoms with van der Waals surface area (Å²) in [5.41, 5.74) is -2.54. The van der Waals surface area contributed by atoms with Crippen LogP contribution in [0.1, 0.15) is 250 Å². The van der Waals surface area contributed by atoms with E-state index in [1.165, 1.54) is 143 Å². The van der Waals surface area contributed by atoms with Gasteiger partial charge in [0.1, 0.15) is 105 Å². The fraction of sp³-hybridized carbons (Fsp3) is 0.681. The average molecular weight is 1950 g/mol. The van der Waals surface area contributed by atoms with E-state index < -0.39 is 297 Å². The van der Waals surface area contributed by atoms with Gasteiger partial charge in [-0.3, -0.25) is 110 Å². The van der Waals surface area contributed by atoms with Gasteiger partial charge in [-0.25, -0.2) is 0 Å². The Labute approximate surface area is 805 Å². The van der Waals surface area contributed by atoms with E-state index in [0.717, 1.165) is 5.56 Å². The van der Waals surface area contributed by atoms with Crippen molar-refractivity contribution in [3.05, 3.63) is 35.9 Å². The predicted octanol–water partition coefficient (Wildman–Crippen LogP) is -4.44. The van der Waals surface area contributed by atoms with Crippen molar-refractivity contribution in [2.75, 3.05) is 19.7 Å². The largest absolute Gasteiger partial charge is 0.481 e. The summed E-state index contributed by atoms with van der Waals surface area (Å²) in [5.74, 6) is -22.0. The molecule has 1 saturated heterocycles. The molecule has 22 amide bonds. The summed E-state index contributed by atoms with van der Waals surface area (Å²) in [6, 6.07) is -6.04. The van der Waals surface area contributed by atoms with E-state index in [1.54, 1.807) is 71.9 Å². The summed E-state index contributed by atoms with van der Waals surface area (Å²) in [6.07, 6.45) is -2.35. The van der Waals surface area contributed by atoms with Crippen LogP contribution in [-0.4, -0.2) is 282 Å². The molecule has 12 atom stereocenters. The van der Waals surface area contributed by atoms with Crippen LogP contribution in [0.5, 0.6) is 0 Å². The summed E-state index contributed by atoms with van der Waals surface area (Å²) >= 11 is 0. The molecule has 0 aromatic heterocycles. The summed E-state index contributed by atoms with van der Waals surface area (Å²) < 4.78 is 0. The van der Waals surface area contributed by atoms with Gasteiger partial charge in [0.05, 0.1) is 19.2 Å². The first-order valence-electron chi connectivity index (χ1n) is 45.9. The highest BCUT2D eigenvalue weighted by Gasteiger charge is 2.48. The number of aliphatic hydroxyl groups excluding tert-OH is 1. The first-order chi connectivity index (χ1) is 63.2. The number of aliphatic carboxylic acids is 1. The van der Waals surface area contributed by atoms with E-state index in [4.69, 9.17) is 11.5 Å². The summed E-state index contributed by atoms with van der Waals surface area (Å²) in [5, 5.41) is 67.8. The number of benzene rings is 1. The third-order valence-corrected chi connectivity index (χ3v) is 22.7. The maximum absolute atomic E-state index is 14.6. The number of carboxylic acids is 1. The number of nitrogens with zero attached hydrogens (tertiary/aromatic N) is 1. The molecule has 1 aromatic carbocycles. The van der Waals surface area contributed by atoms with Crippen molar-refractivity contribution < 1.29 is 120 Å². The lowest BCUT2D eigenvalue weighted by atomic mass is 9.93. The third-order valence-electron chi connectivity index (χ3n) is 22.7. The molecular formula is C91H150N22O25. The third kappa shape index (κ3) is 38.5. The molecule has 1 aliphatic rings. The molecule has 1 fully saturated rings. The molecule has 1 heterocycles. The van der Waals surface area contributed by atoms with Gasteiger partial charge in [-0.1, -0.05) is 78.8 Å². The van der Waals surface area contributed by atoms with E-state index in [9.17, 15) is 120 Å². The van der Waals surface area contributed by atoms with Gasteiger partial charge in [0.2, 0.25) is 130 Å². The number of hydrogen-bond donors (Lipinski definition) is 23. The maximum Gasteiger partial charge on any atom is 0.303 e. The fourth-order valence-corrected chi connectivity index (χ4v) is 13.8. The second-order valence-electron chi connectivity index (χ2n) is 39.9. The standard InChI is InChI=1S/C91H150N22O25/c1-27-91(26,82(137)102-56(37-40-63(119)120)70(125)101-55(35-38-60(92)116)69(124)98-54(45-114)43-53-32-29-28-30-33-53)112-81(136)89(22,23)111-74(129)64(47(4)5)103-73(128)59-34-31-41-113(59)83(138)90(24,25)109-72(127)58(42-46(2)3)99-62(118)44-94-76(131)84(12,13)110-75(130)65(48(6)7)104-80(135)88(20,21)108-71(126)57(36-39-61(93)117)100-66(121)49(8)95-78(133)86(16,17)106-68(123)51(10)97-79(134)87(18,19)107-67(122)50(9)96-77(132)85(14,15)105-52(11)115/h28-30,32-33,46-51,54-59,64-65,114H,27,31,34-45H2,1-26H3,(H2,92,116)(H2,93,117)(H,94,131)(H,95,133)(H,96,132)(H,97,134)(H,98,124)(H,99,118)(H,100,121)(H,101,125)(H,102,137)(H,103,128)(H,104,135)(H,105,115)(H,106,123)(H,107,122)(H,108,126)(H,109,127)(H,110,130)(H,111,129)(H,112,136)(H,119,120)/t49-,50-,51-,54-,55-,56-,57-,58-,59-,64-,65-,91-/m0/s1. The zero-order valence-corrected chi connectivity index (χ0v) is 84.3. The average Bonchev–Trinajstić information content (AvgIpc) is 1.59. The van der Waals surface area contributed by atoms with Crippen molar-refractivity contribution in [1.29, 1.82) is 0 Å². The zero-order valence-electron chi connectivity index (χ0n) is 84.3. The Morgan fingerprint density at radius 3 is 1.23 bits per heavy atom. The Morgan fingerprint density at radius 2 is 0.790 bits per heavy atom. The van der Waals surface area contributed by atoms with E-state index in [0.29, 0.717) is 6.42 Å². The highest BCUT2D eigenvalue weighted by molar-refractivity contribution is 6.05. The van der Waals surface area contributed by atoms with Crippen molar-refractivity contribution in [3.63, 3.8) is 0 Å². The molecule has 0 aliphatic carbocycles. The first-order valence-corrected chi connectivity index (χ1v) is 45.9. The van der Waals surface area contributed by atoms with Crippen LogP contribution in [0.25, 0.3) is 0 Å². The molecule has 0 spiro atoms. The Morgan fingerprint density at radius 1 is 0.406 bits per heavy atom. The van der Waals surface area contributed by atoms with Gasteiger partial charge in [-0.2, -0.15) is 0 Å². The predicted molar refractivity (Wildman–Crippen MR) is 502 cm³/mol. The Kier molecular flexibility index (Phi) is 45.6. The van der Waals surface area contributed by atoms with Gasteiger partial charge in [0.25, 0.3) is 0 Å². The molecule has 0 bridgehead atoms. The number of rotatable bonds is 55. The lowest BCUT2D eigenvalue weighted by Crippen LogP contribution is -2.67. The minimum Gasteiger partial charge on any atom is -0.481 e. The number of carboxylic acid groups (broad SMARTS) is 1. The van der Waals surface area contributed by atoms with Gasteiger partial charge in [-0.05, 0) is 199 Å². The summed E-state index contributed by atoms with van der Waals surface area (Å²) in [6.45, 7) is 34.9. The molecule has 47 heteroatoms. The molecule has 2 rings (SSSR count). The second kappa shape index (κ2) is 52.0. The number of carbonyl (C=O) groups is 23. The van der Waals surface area contributed by atoms with E-state index in [1.807, 2.05) is 0 Å². The lowest BCUT2D eigenvalue weighted by Gasteiger charge is -2.36. The van der Waals surface area contributed by atoms with Crippen molar-refractivity contribution in [2.45, 2.75) is 361 Å². The monoisotopic (exact) mass is 1950 g/mol. The van der Waals surface area contributed by atoms with Crippen LogP contribution in [0.4, 0.5) is 0 Å². The number of carbonyl (C=O) groups excluding carboxylic acids is 22. The highest BCUT2D eigenvalue weighted by atomic mass is 16.4. The number of aliphatic hydroxyl groups is 1. The first kappa shape index (κ1) is 121.